The molecule has 2 heterocycles. The summed E-state index contributed by atoms with van der Waals surface area (Å²) in [6, 6.07) is 0.582. The predicted molar refractivity (Wildman–Crippen MR) is 84.3 cm³/mol. The van der Waals surface area contributed by atoms with Crippen LogP contribution in [0.4, 0.5) is 0 Å². The number of nitrogens with one attached hydrogen (secondary N) is 1. The van der Waals surface area contributed by atoms with Crippen molar-refractivity contribution in [1.29, 1.82) is 0 Å². The Kier molecular flexibility index (Phi) is 6.08. The smallest absolute Gasteiger partial charge is 0.221 e. The Bertz CT molecular complexity index is 464. The number of hydrogen-bond donors (Lipinski definition) is 1. The minimum Gasteiger partial charge on any atom is -0.349 e. The second kappa shape index (κ2) is 7.82. The van der Waals surface area contributed by atoms with Crippen LogP contribution in [0.25, 0.3) is 0 Å². The van der Waals surface area contributed by atoms with Gasteiger partial charge in [0.1, 0.15) is 10.0 Å². The fraction of sp³-hybridized carbons (Fsp3) is 0.786. The molecule has 1 atom stereocenters. The summed E-state index contributed by atoms with van der Waals surface area (Å²) in [5, 5.41) is 12.9. The van der Waals surface area contributed by atoms with Crippen LogP contribution in [0.15, 0.2) is 0 Å². The van der Waals surface area contributed by atoms with Crippen LogP contribution in [0.2, 0.25) is 0 Å². The Morgan fingerprint density at radius 3 is 2.86 bits per heavy atom. The average molecular weight is 311 g/mol. The molecule has 1 saturated heterocycles. The van der Waals surface area contributed by atoms with Crippen LogP contribution in [0.3, 0.4) is 0 Å². The lowest BCUT2D eigenvalue weighted by Gasteiger charge is -2.23. The van der Waals surface area contributed by atoms with E-state index in [4.69, 9.17) is 0 Å². The first-order valence-corrected chi connectivity index (χ1v) is 8.37. The first-order chi connectivity index (χ1) is 10.1. The normalized spacial score (nSPS) is 19.3. The molecule has 1 N–H and O–H groups in total. The van der Waals surface area contributed by atoms with E-state index in [2.05, 4.69) is 46.3 Å². The Morgan fingerprint density at radius 2 is 2.24 bits per heavy atom. The molecule has 2 rings (SSSR count). The van der Waals surface area contributed by atoms with Gasteiger partial charge in [0.15, 0.2) is 0 Å². The molecule has 0 aliphatic carbocycles. The third-order valence-electron chi connectivity index (χ3n) is 3.93. The molecule has 0 radical (unpaired) electrons. The quantitative estimate of drug-likeness (QED) is 0.805. The molecular formula is C14H25N5OS. The first-order valence-electron chi connectivity index (χ1n) is 7.55. The van der Waals surface area contributed by atoms with Crippen molar-refractivity contribution in [2.24, 2.45) is 0 Å². The topological polar surface area (TPSA) is 61.4 Å². The van der Waals surface area contributed by atoms with Crippen molar-refractivity contribution in [2.75, 3.05) is 33.7 Å². The molecule has 1 aromatic rings. The minimum atomic E-state index is 0.0847. The van der Waals surface area contributed by atoms with Crippen molar-refractivity contribution < 1.29 is 4.79 Å². The van der Waals surface area contributed by atoms with Crippen molar-refractivity contribution in [1.82, 2.24) is 25.3 Å². The van der Waals surface area contributed by atoms with E-state index in [1.54, 1.807) is 11.3 Å². The molecule has 6 nitrogen and oxygen atoms in total. The van der Waals surface area contributed by atoms with Crippen LogP contribution in [-0.4, -0.2) is 65.7 Å². The van der Waals surface area contributed by atoms with Crippen LogP contribution in [-0.2, 0) is 17.8 Å². The van der Waals surface area contributed by atoms with E-state index in [1.165, 1.54) is 6.42 Å². The number of aryl methyl sites for hydroxylation is 1. The largest absolute Gasteiger partial charge is 0.349 e. The number of aromatic nitrogens is 2. The molecule has 7 heteroatoms. The fourth-order valence-corrected chi connectivity index (χ4v) is 3.22. The Morgan fingerprint density at radius 1 is 1.48 bits per heavy atom. The molecule has 21 heavy (non-hydrogen) atoms. The molecule has 1 amide bonds. The van der Waals surface area contributed by atoms with Gasteiger partial charge in [-0.2, -0.15) is 0 Å². The minimum absolute atomic E-state index is 0.0847. The maximum atomic E-state index is 11.9. The fourth-order valence-electron chi connectivity index (χ4n) is 2.50. The second-order valence-electron chi connectivity index (χ2n) is 5.66. The average Bonchev–Trinajstić information content (AvgIpc) is 3.11. The number of amides is 1. The van der Waals surface area contributed by atoms with E-state index in [-0.39, 0.29) is 5.91 Å². The molecule has 0 saturated carbocycles. The number of likely N-dealkylation sites (N-methyl/N-ethyl adjacent to an activating group) is 2. The van der Waals surface area contributed by atoms with Crippen molar-refractivity contribution in [2.45, 2.75) is 38.8 Å². The number of likely N-dealkylation sites (tertiary alicyclic amines) is 1. The second-order valence-corrected chi connectivity index (χ2v) is 6.80. The van der Waals surface area contributed by atoms with Gasteiger partial charge in [-0.1, -0.05) is 18.3 Å². The summed E-state index contributed by atoms with van der Waals surface area (Å²) in [6.07, 6.45) is 2.63. The van der Waals surface area contributed by atoms with Crippen LogP contribution >= 0.6 is 11.3 Å². The lowest BCUT2D eigenvalue weighted by atomic mass is 10.2. The summed E-state index contributed by atoms with van der Waals surface area (Å²) < 4.78 is 0. The Labute approximate surface area is 130 Å². The van der Waals surface area contributed by atoms with Crippen molar-refractivity contribution in [3.63, 3.8) is 0 Å². The van der Waals surface area contributed by atoms with E-state index in [9.17, 15) is 4.79 Å². The van der Waals surface area contributed by atoms with Gasteiger partial charge in [0.05, 0.1) is 6.54 Å². The summed E-state index contributed by atoms with van der Waals surface area (Å²) in [6.45, 7) is 5.60. The lowest BCUT2D eigenvalue weighted by Crippen LogP contribution is -2.36. The van der Waals surface area contributed by atoms with Gasteiger partial charge in [0, 0.05) is 25.6 Å². The third kappa shape index (κ3) is 5.01. The van der Waals surface area contributed by atoms with Gasteiger partial charge < -0.3 is 15.1 Å². The standard InChI is InChI=1S/C14H25N5OS/c1-4-13-16-17-14(21-13)9-15-12(20)6-8-19(3)11-5-7-18(2)10-11/h11H,4-10H2,1-3H3,(H,15,20)/t11-/m1/s1. The van der Waals surface area contributed by atoms with Crippen LogP contribution in [0.5, 0.6) is 0 Å². The van der Waals surface area contributed by atoms with Gasteiger partial charge in [0.2, 0.25) is 5.91 Å². The van der Waals surface area contributed by atoms with Gasteiger partial charge in [-0.25, -0.2) is 0 Å². The highest BCUT2D eigenvalue weighted by molar-refractivity contribution is 7.11. The highest BCUT2D eigenvalue weighted by Gasteiger charge is 2.23. The Balaban J connectivity index is 1.65. The highest BCUT2D eigenvalue weighted by Crippen LogP contribution is 2.12. The molecule has 1 fully saturated rings. The van der Waals surface area contributed by atoms with Gasteiger partial charge in [0.25, 0.3) is 0 Å². The number of hydrogen-bond acceptors (Lipinski definition) is 6. The van der Waals surface area contributed by atoms with Crippen molar-refractivity contribution in [3.05, 3.63) is 10.0 Å². The summed E-state index contributed by atoms with van der Waals surface area (Å²) in [4.78, 5) is 16.5. The molecule has 1 aliphatic rings. The molecule has 0 unspecified atom stereocenters. The van der Waals surface area contributed by atoms with Gasteiger partial charge in [-0.05, 0) is 33.5 Å². The van der Waals surface area contributed by atoms with Gasteiger partial charge in [-0.15, -0.1) is 10.2 Å². The molecule has 118 valence electrons. The van der Waals surface area contributed by atoms with Gasteiger partial charge >= 0.3 is 0 Å². The first kappa shape index (κ1) is 16.3. The van der Waals surface area contributed by atoms with Crippen LogP contribution < -0.4 is 5.32 Å². The Hall–Kier alpha value is -1.05. The number of nitrogens with zero attached hydrogens (tertiary/aromatic N) is 4. The zero-order valence-corrected chi connectivity index (χ0v) is 13.9. The van der Waals surface area contributed by atoms with E-state index < -0.39 is 0 Å². The van der Waals surface area contributed by atoms with Crippen LogP contribution in [0.1, 0.15) is 29.8 Å². The summed E-state index contributed by atoms with van der Waals surface area (Å²) in [7, 11) is 4.25. The van der Waals surface area contributed by atoms with Crippen molar-refractivity contribution >= 4 is 17.2 Å². The van der Waals surface area contributed by atoms with E-state index >= 15 is 0 Å². The molecular weight excluding hydrogens is 286 g/mol. The predicted octanol–water partition coefficient (Wildman–Crippen LogP) is 0.743. The lowest BCUT2D eigenvalue weighted by molar-refractivity contribution is -0.121. The maximum absolute atomic E-state index is 11.9. The zero-order chi connectivity index (χ0) is 15.2. The van der Waals surface area contributed by atoms with E-state index in [0.29, 0.717) is 19.0 Å². The number of carbonyl (C=O) groups is 1. The zero-order valence-electron chi connectivity index (χ0n) is 13.1. The van der Waals surface area contributed by atoms with E-state index in [1.807, 2.05) is 0 Å². The molecule has 1 aliphatic heterocycles. The maximum Gasteiger partial charge on any atom is 0.221 e. The molecule has 1 aromatic heterocycles. The summed E-state index contributed by atoms with van der Waals surface area (Å²) >= 11 is 1.57. The monoisotopic (exact) mass is 311 g/mol. The summed E-state index contributed by atoms with van der Waals surface area (Å²) in [5.41, 5.74) is 0. The van der Waals surface area contributed by atoms with E-state index in [0.717, 1.165) is 36.1 Å². The third-order valence-corrected chi connectivity index (χ3v) is 5.00. The molecule has 0 bridgehead atoms. The molecule has 0 spiro atoms. The number of carbonyl (C=O) groups excluding carboxylic acids is 1. The van der Waals surface area contributed by atoms with Crippen molar-refractivity contribution in [3.8, 4) is 0 Å². The molecule has 0 aromatic carbocycles. The van der Waals surface area contributed by atoms with Gasteiger partial charge in [-0.3, -0.25) is 4.79 Å². The van der Waals surface area contributed by atoms with Crippen LogP contribution in [0, 0.1) is 0 Å². The SMILES string of the molecule is CCc1nnc(CNC(=O)CCN(C)[C@@H]2CCN(C)C2)s1. The summed E-state index contributed by atoms with van der Waals surface area (Å²) in [5.74, 6) is 0.0847. The number of rotatable bonds is 7. The highest BCUT2D eigenvalue weighted by atomic mass is 32.1.